The molecule has 1 aromatic rings. The highest BCUT2D eigenvalue weighted by atomic mass is 35.5. The molecule has 1 saturated heterocycles. The van der Waals surface area contributed by atoms with Crippen molar-refractivity contribution in [1.29, 1.82) is 0 Å². The maximum absolute atomic E-state index is 12.1. The van der Waals surface area contributed by atoms with Crippen LogP contribution in [0.15, 0.2) is 12.1 Å². The molecule has 1 aromatic carbocycles. The number of anilines is 1. The highest BCUT2D eigenvalue weighted by molar-refractivity contribution is 6.40. The summed E-state index contributed by atoms with van der Waals surface area (Å²) in [6, 6.07) is 3.21. The third kappa shape index (κ3) is 2.62. The molecular weight excluding hydrogens is 275 g/mol. The van der Waals surface area contributed by atoms with Gasteiger partial charge in [-0.2, -0.15) is 0 Å². The second-order valence-corrected chi connectivity index (χ2v) is 5.14. The number of benzene rings is 1. The second-order valence-electron chi connectivity index (χ2n) is 4.35. The first-order chi connectivity index (χ1) is 8.50. The van der Waals surface area contributed by atoms with Crippen LogP contribution in [-0.2, 0) is 9.53 Å². The van der Waals surface area contributed by atoms with Gasteiger partial charge in [0, 0.05) is 6.04 Å². The predicted octanol–water partition coefficient (Wildman–Crippen LogP) is 2.21. The van der Waals surface area contributed by atoms with E-state index in [0.717, 1.165) is 5.56 Å². The Morgan fingerprint density at radius 3 is 2.78 bits per heavy atom. The number of ether oxygens (including phenoxy) is 1. The van der Waals surface area contributed by atoms with Gasteiger partial charge in [0.15, 0.2) is 0 Å². The van der Waals surface area contributed by atoms with Crippen LogP contribution in [0.25, 0.3) is 0 Å². The number of halogens is 2. The number of aryl methyl sites for hydroxylation is 1. The fourth-order valence-corrected chi connectivity index (χ4v) is 2.29. The van der Waals surface area contributed by atoms with Crippen molar-refractivity contribution in [2.45, 2.75) is 13.0 Å². The molecule has 0 spiro atoms. The van der Waals surface area contributed by atoms with Crippen LogP contribution < -0.4 is 11.1 Å². The molecule has 6 heteroatoms. The molecule has 1 amide bonds. The maximum Gasteiger partial charge on any atom is 0.231 e. The summed E-state index contributed by atoms with van der Waals surface area (Å²) < 4.78 is 5.16. The lowest BCUT2D eigenvalue weighted by Gasteiger charge is -2.16. The summed E-state index contributed by atoms with van der Waals surface area (Å²) in [6.45, 7) is 2.57. The standard InChI is InChI=1S/C12H14Cl2N2O2/c1-6-2-3-8(13)11(10(6)14)16-12(17)7-4-18-5-9(7)15/h2-3,7,9H,4-5,15H2,1H3,(H,16,17). The largest absolute Gasteiger partial charge is 0.379 e. The molecule has 98 valence electrons. The van der Waals surface area contributed by atoms with Gasteiger partial charge in [0.1, 0.15) is 0 Å². The molecule has 1 aliphatic heterocycles. The molecule has 0 aliphatic carbocycles. The molecule has 1 aliphatic rings. The molecule has 2 atom stereocenters. The summed E-state index contributed by atoms with van der Waals surface area (Å²) in [5, 5.41) is 3.59. The van der Waals surface area contributed by atoms with Crippen LogP contribution in [0.4, 0.5) is 5.69 Å². The lowest BCUT2D eigenvalue weighted by atomic mass is 10.0. The summed E-state index contributed by atoms with van der Waals surface area (Å²) >= 11 is 12.2. The topological polar surface area (TPSA) is 64.3 Å². The van der Waals surface area contributed by atoms with Gasteiger partial charge in [-0.3, -0.25) is 4.79 Å². The Labute approximate surface area is 115 Å². The Hall–Kier alpha value is -0.810. The minimum absolute atomic E-state index is 0.214. The average molecular weight is 289 g/mol. The van der Waals surface area contributed by atoms with E-state index in [2.05, 4.69) is 5.32 Å². The molecule has 2 rings (SSSR count). The summed E-state index contributed by atoms with van der Waals surface area (Å²) in [4.78, 5) is 12.1. The molecule has 1 fully saturated rings. The molecule has 3 N–H and O–H groups in total. The van der Waals surface area contributed by atoms with Gasteiger partial charge in [-0.1, -0.05) is 29.3 Å². The van der Waals surface area contributed by atoms with E-state index >= 15 is 0 Å². The van der Waals surface area contributed by atoms with Crippen molar-refractivity contribution in [2.24, 2.45) is 11.7 Å². The van der Waals surface area contributed by atoms with Crippen molar-refractivity contribution in [3.63, 3.8) is 0 Å². The van der Waals surface area contributed by atoms with Gasteiger partial charge in [-0.05, 0) is 18.6 Å². The zero-order valence-electron chi connectivity index (χ0n) is 9.87. The minimum Gasteiger partial charge on any atom is -0.379 e. The van der Waals surface area contributed by atoms with Crippen molar-refractivity contribution >= 4 is 34.8 Å². The fourth-order valence-electron chi connectivity index (χ4n) is 1.83. The van der Waals surface area contributed by atoms with E-state index in [1.165, 1.54) is 0 Å². The van der Waals surface area contributed by atoms with Crippen molar-refractivity contribution in [1.82, 2.24) is 0 Å². The fraction of sp³-hybridized carbons (Fsp3) is 0.417. The van der Waals surface area contributed by atoms with Crippen molar-refractivity contribution < 1.29 is 9.53 Å². The Morgan fingerprint density at radius 1 is 1.44 bits per heavy atom. The van der Waals surface area contributed by atoms with Gasteiger partial charge in [0.05, 0.1) is 34.9 Å². The van der Waals surface area contributed by atoms with E-state index in [0.29, 0.717) is 28.9 Å². The van der Waals surface area contributed by atoms with Crippen LogP contribution in [0.2, 0.25) is 10.0 Å². The van der Waals surface area contributed by atoms with Crippen molar-refractivity contribution in [3.05, 3.63) is 27.7 Å². The molecule has 4 nitrogen and oxygen atoms in total. The quantitative estimate of drug-likeness (QED) is 0.877. The van der Waals surface area contributed by atoms with Gasteiger partial charge in [-0.25, -0.2) is 0 Å². The van der Waals surface area contributed by atoms with Gasteiger partial charge >= 0.3 is 0 Å². The van der Waals surface area contributed by atoms with Gasteiger partial charge < -0.3 is 15.8 Å². The minimum atomic E-state index is -0.363. The normalized spacial score (nSPS) is 23.1. The average Bonchev–Trinajstić information content (AvgIpc) is 2.76. The van der Waals surface area contributed by atoms with E-state index in [1.54, 1.807) is 12.1 Å². The number of carbonyl (C=O) groups is 1. The summed E-state index contributed by atoms with van der Waals surface area (Å²) in [5.74, 6) is -0.577. The third-order valence-electron chi connectivity index (χ3n) is 2.99. The summed E-state index contributed by atoms with van der Waals surface area (Å²) in [7, 11) is 0. The van der Waals surface area contributed by atoms with Crippen LogP contribution in [0.1, 0.15) is 5.56 Å². The number of hydrogen-bond donors (Lipinski definition) is 2. The SMILES string of the molecule is Cc1ccc(Cl)c(NC(=O)C2COCC2N)c1Cl. The molecule has 0 radical (unpaired) electrons. The highest BCUT2D eigenvalue weighted by Gasteiger charge is 2.32. The van der Waals surface area contributed by atoms with E-state index < -0.39 is 0 Å². The van der Waals surface area contributed by atoms with Crippen LogP contribution in [0.5, 0.6) is 0 Å². The van der Waals surface area contributed by atoms with Crippen molar-refractivity contribution in [3.8, 4) is 0 Å². The Bertz CT molecular complexity index is 479. The van der Waals surface area contributed by atoms with E-state index in [-0.39, 0.29) is 17.9 Å². The zero-order valence-corrected chi connectivity index (χ0v) is 11.4. The predicted molar refractivity (Wildman–Crippen MR) is 72.1 cm³/mol. The zero-order chi connectivity index (χ0) is 13.3. The Morgan fingerprint density at radius 2 is 2.17 bits per heavy atom. The third-order valence-corrected chi connectivity index (χ3v) is 3.80. The monoisotopic (exact) mass is 288 g/mol. The van der Waals surface area contributed by atoms with Crippen molar-refractivity contribution in [2.75, 3.05) is 18.5 Å². The van der Waals surface area contributed by atoms with Crippen LogP contribution in [-0.4, -0.2) is 25.2 Å². The molecule has 0 saturated carbocycles. The Kier molecular flexibility index (Phi) is 4.12. The molecule has 18 heavy (non-hydrogen) atoms. The van der Waals surface area contributed by atoms with E-state index in [4.69, 9.17) is 33.7 Å². The number of rotatable bonds is 2. The van der Waals surface area contributed by atoms with Gasteiger partial charge in [0.25, 0.3) is 0 Å². The summed E-state index contributed by atoms with van der Waals surface area (Å²) in [5.41, 5.74) is 7.07. The van der Waals surface area contributed by atoms with E-state index in [1.807, 2.05) is 6.92 Å². The Balaban J connectivity index is 2.19. The van der Waals surface area contributed by atoms with Crippen LogP contribution in [0.3, 0.4) is 0 Å². The number of nitrogens with one attached hydrogen (secondary N) is 1. The molecule has 1 heterocycles. The van der Waals surface area contributed by atoms with Crippen LogP contribution in [0, 0.1) is 12.8 Å². The molecule has 0 aromatic heterocycles. The number of amides is 1. The first-order valence-electron chi connectivity index (χ1n) is 5.59. The number of nitrogens with two attached hydrogens (primary N) is 1. The lowest BCUT2D eigenvalue weighted by molar-refractivity contribution is -0.120. The summed E-state index contributed by atoms with van der Waals surface area (Å²) in [6.07, 6.45) is 0. The maximum atomic E-state index is 12.1. The first kappa shape index (κ1) is 13.6. The number of carbonyl (C=O) groups excluding carboxylic acids is 1. The van der Waals surface area contributed by atoms with E-state index in [9.17, 15) is 4.79 Å². The van der Waals surface area contributed by atoms with Gasteiger partial charge in [0.2, 0.25) is 5.91 Å². The molecular formula is C12H14Cl2N2O2. The number of hydrogen-bond acceptors (Lipinski definition) is 3. The lowest BCUT2D eigenvalue weighted by Crippen LogP contribution is -2.37. The molecule has 0 bridgehead atoms. The smallest absolute Gasteiger partial charge is 0.231 e. The first-order valence-corrected chi connectivity index (χ1v) is 6.35. The van der Waals surface area contributed by atoms with Gasteiger partial charge in [-0.15, -0.1) is 0 Å². The molecule has 2 unspecified atom stereocenters. The highest BCUT2D eigenvalue weighted by Crippen LogP contribution is 2.33. The second kappa shape index (κ2) is 5.45. The van der Waals surface area contributed by atoms with Crippen LogP contribution >= 0.6 is 23.2 Å².